The van der Waals surface area contributed by atoms with Gasteiger partial charge in [0.05, 0.1) is 28.3 Å². The largest absolute Gasteiger partial charge is 0.327 e. The predicted molar refractivity (Wildman–Crippen MR) is 77.1 cm³/mol. The number of fused-ring (bicyclic) bond motifs is 2. The molecule has 0 radical (unpaired) electrons. The molecule has 4 nitrogen and oxygen atoms in total. The number of nitrogens with two attached hydrogens (primary N) is 1. The number of nitrogens with zero attached hydrogens (tertiary/aromatic N) is 1. The average molecular weight is 290 g/mol. The van der Waals surface area contributed by atoms with Crippen LogP contribution in [0.2, 0.25) is 5.02 Å². The van der Waals surface area contributed by atoms with Crippen molar-refractivity contribution in [1.82, 2.24) is 0 Å². The number of carbonyl (C=O) groups excluding carboxylic acids is 1. The SMILES string of the molecule is N#Cc1ccc(NC(=O)C2C3CCC(C3)C2N)c(Cl)c1. The summed E-state index contributed by atoms with van der Waals surface area (Å²) in [5, 5.41) is 12.0. The molecular weight excluding hydrogens is 274 g/mol. The number of nitrogens with one attached hydrogen (secondary N) is 1. The van der Waals surface area contributed by atoms with Crippen LogP contribution in [0, 0.1) is 29.1 Å². The van der Waals surface area contributed by atoms with Crippen LogP contribution in [0.5, 0.6) is 0 Å². The second-order valence-electron chi connectivity index (χ2n) is 5.73. The Kier molecular flexibility index (Phi) is 3.41. The first-order valence-electron chi connectivity index (χ1n) is 6.86. The maximum absolute atomic E-state index is 12.4. The number of nitriles is 1. The van der Waals surface area contributed by atoms with Gasteiger partial charge in [-0.15, -0.1) is 0 Å². The summed E-state index contributed by atoms with van der Waals surface area (Å²) in [7, 11) is 0. The van der Waals surface area contributed by atoms with E-state index in [1.54, 1.807) is 18.2 Å². The number of anilines is 1. The van der Waals surface area contributed by atoms with Gasteiger partial charge >= 0.3 is 0 Å². The second-order valence-corrected chi connectivity index (χ2v) is 6.14. The van der Waals surface area contributed by atoms with E-state index in [1.165, 1.54) is 0 Å². The lowest BCUT2D eigenvalue weighted by atomic mass is 9.84. The molecule has 0 aliphatic heterocycles. The van der Waals surface area contributed by atoms with Gasteiger partial charge in [-0.3, -0.25) is 4.79 Å². The van der Waals surface area contributed by atoms with Gasteiger partial charge in [0, 0.05) is 6.04 Å². The molecule has 2 aliphatic carbocycles. The zero-order chi connectivity index (χ0) is 14.3. The summed E-state index contributed by atoms with van der Waals surface area (Å²) in [4.78, 5) is 12.4. The maximum atomic E-state index is 12.4. The molecule has 2 saturated carbocycles. The zero-order valence-electron chi connectivity index (χ0n) is 11.0. The summed E-state index contributed by atoms with van der Waals surface area (Å²) < 4.78 is 0. The fourth-order valence-electron chi connectivity index (χ4n) is 3.63. The molecule has 1 aromatic carbocycles. The van der Waals surface area contributed by atoms with E-state index in [9.17, 15) is 4.79 Å². The second kappa shape index (κ2) is 5.08. The number of carbonyl (C=O) groups is 1. The van der Waals surface area contributed by atoms with E-state index in [1.807, 2.05) is 6.07 Å². The molecule has 0 spiro atoms. The van der Waals surface area contributed by atoms with Gasteiger partial charge in [-0.05, 0) is 49.3 Å². The minimum atomic E-state index is -0.111. The molecule has 3 N–H and O–H groups in total. The molecule has 1 amide bonds. The summed E-state index contributed by atoms with van der Waals surface area (Å²) >= 11 is 6.08. The lowest BCUT2D eigenvalue weighted by molar-refractivity contribution is -0.121. The first-order chi connectivity index (χ1) is 9.60. The molecule has 1 aromatic rings. The molecule has 2 bridgehead atoms. The third-order valence-electron chi connectivity index (χ3n) is 4.64. The minimum Gasteiger partial charge on any atom is -0.327 e. The Morgan fingerprint density at radius 3 is 2.75 bits per heavy atom. The molecule has 20 heavy (non-hydrogen) atoms. The normalized spacial score (nSPS) is 31.1. The predicted octanol–water partition coefficient (Wildman–Crippen LogP) is 2.52. The third-order valence-corrected chi connectivity index (χ3v) is 4.95. The topological polar surface area (TPSA) is 78.9 Å². The highest BCUT2D eigenvalue weighted by Gasteiger charge is 2.49. The number of amides is 1. The van der Waals surface area contributed by atoms with Crippen LogP contribution in [0.3, 0.4) is 0 Å². The summed E-state index contributed by atoms with van der Waals surface area (Å²) in [5.74, 6) is 0.746. The van der Waals surface area contributed by atoms with Crippen LogP contribution in [0.25, 0.3) is 0 Å². The number of hydrogen-bond donors (Lipinski definition) is 2. The van der Waals surface area contributed by atoms with Crippen molar-refractivity contribution >= 4 is 23.2 Å². The van der Waals surface area contributed by atoms with Gasteiger partial charge in [-0.2, -0.15) is 5.26 Å². The van der Waals surface area contributed by atoms with Crippen LogP contribution in [0.1, 0.15) is 24.8 Å². The van der Waals surface area contributed by atoms with Gasteiger partial charge in [-0.1, -0.05) is 11.6 Å². The number of benzene rings is 1. The van der Waals surface area contributed by atoms with Gasteiger partial charge in [0.15, 0.2) is 0 Å². The third kappa shape index (κ3) is 2.17. The molecule has 104 valence electrons. The van der Waals surface area contributed by atoms with Gasteiger partial charge in [0.1, 0.15) is 0 Å². The van der Waals surface area contributed by atoms with E-state index < -0.39 is 0 Å². The zero-order valence-corrected chi connectivity index (χ0v) is 11.7. The van der Waals surface area contributed by atoms with Crippen LogP contribution in [-0.2, 0) is 4.79 Å². The number of hydrogen-bond acceptors (Lipinski definition) is 3. The van der Waals surface area contributed by atoms with Crippen molar-refractivity contribution in [2.24, 2.45) is 23.5 Å². The van der Waals surface area contributed by atoms with Crippen LogP contribution in [-0.4, -0.2) is 11.9 Å². The summed E-state index contributed by atoms with van der Waals surface area (Å²) in [6, 6.07) is 6.84. The molecule has 0 aromatic heterocycles. The van der Waals surface area contributed by atoms with Crippen molar-refractivity contribution < 1.29 is 4.79 Å². The quantitative estimate of drug-likeness (QED) is 0.878. The Labute approximate surface area is 122 Å². The summed E-state index contributed by atoms with van der Waals surface area (Å²) in [6.07, 6.45) is 3.31. The summed E-state index contributed by atoms with van der Waals surface area (Å²) in [5.41, 5.74) is 7.19. The van der Waals surface area contributed by atoms with Crippen molar-refractivity contribution in [1.29, 1.82) is 5.26 Å². The highest BCUT2D eigenvalue weighted by Crippen LogP contribution is 2.48. The molecule has 2 aliphatic rings. The van der Waals surface area contributed by atoms with Crippen molar-refractivity contribution in [2.75, 3.05) is 5.32 Å². The number of halogens is 1. The van der Waals surface area contributed by atoms with Gasteiger partial charge in [0.25, 0.3) is 0 Å². The lowest BCUT2D eigenvalue weighted by Crippen LogP contribution is -2.42. The fourth-order valence-corrected chi connectivity index (χ4v) is 3.85. The van der Waals surface area contributed by atoms with Crippen molar-refractivity contribution in [2.45, 2.75) is 25.3 Å². The van der Waals surface area contributed by atoms with E-state index in [4.69, 9.17) is 22.6 Å². The Morgan fingerprint density at radius 1 is 1.40 bits per heavy atom. The molecule has 4 atom stereocenters. The number of rotatable bonds is 2. The molecule has 0 saturated heterocycles. The van der Waals surface area contributed by atoms with E-state index in [0.717, 1.165) is 19.3 Å². The first kappa shape index (κ1) is 13.4. The first-order valence-corrected chi connectivity index (χ1v) is 7.24. The molecule has 5 heteroatoms. The van der Waals surface area contributed by atoms with Crippen LogP contribution in [0.15, 0.2) is 18.2 Å². The van der Waals surface area contributed by atoms with E-state index in [2.05, 4.69) is 5.32 Å². The monoisotopic (exact) mass is 289 g/mol. The van der Waals surface area contributed by atoms with Crippen molar-refractivity contribution in [3.05, 3.63) is 28.8 Å². The van der Waals surface area contributed by atoms with Gasteiger partial charge in [0.2, 0.25) is 5.91 Å². The molecule has 3 rings (SSSR count). The Hall–Kier alpha value is -1.57. The minimum absolute atomic E-state index is 0.0362. The maximum Gasteiger partial charge on any atom is 0.229 e. The smallest absolute Gasteiger partial charge is 0.229 e. The molecule has 4 unspecified atom stereocenters. The van der Waals surface area contributed by atoms with Crippen LogP contribution >= 0.6 is 11.6 Å². The molecule has 2 fully saturated rings. The van der Waals surface area contributed by atoms with E-state index in [0.29, 0.717) is 28.1 Å². The molecular formula is C15H16ClN3O. The Morgan fingerprint density at radius 2 is 2.15 bits per heavy atom. The van der Waals surface area contributed by atoms with E-state index >= 15 is 0 Å². The standard InChI is InChI=1S/C15H16ClN3O/c16-11-5-8(7-17)1-4-12(11)19-15(20)13-9-2-3-10(6-9)14(13)18/h1,4-5,9-10,13-14H,2-3,6,18H2,(H,19,20). The Bertz CT molecular complexity index is 593. The van der Waals surface area contributed by atoms with Crippen molar-refractivity contribution in [3.63, 3.8) is 0 Å². The highest BCUT2D eigenvalue weighted by molar-refractivity contribution is 6.33. The van der Waals surface area contributed by atoms with Crippen molar-refractivity contribution in [3.8, 4) is 6.07 Å². The lowest BCUT2D eigenvalue weighted by Gasteiger charge is -2.27. The van der Waals surface area contributed by atoms with Gasteiger partial charge in [-0.25, -0.2) is 0 Å². The fraction of sp³-hybridized carbons (Fsp3) is 0.467. The van der Waals surface area contributed by atoms with Crippen LogP contribution < -0.4 is 11.1 Å². The Balaban J connectivity index is 1.75. The van der Waals surface area contributed by atoms with Gasteiger partial charge < -0.3 is 11.1 Å². The average Bonchev–Trinajstić information content (AvgIpc) is 3.01. The summed E-state index contributed by atoms with van der Waals surface area (Å²) in [6.45, 7) is 0. The molecule has 0 heterocycles. The highest BCUT2D eigenvalue weighted by atomic mass is 35.5. The van der Waals surface area contributed by atoms with E-state index in [-0.39, 0.29) is 17.9 Å². The van der Waals surface area contributed by atoms with Crippen LogP contribution in [0.4, 0.5) is 5.69 Å².